The van der Waals surface area contributed by atoms with Crippen molar-refractivity contribution in [3.63, 3.8) is 0 Å². The molecule has 0 spiro atoms. The van der Waals surface area contributed by atoms with Crippen molar-refractivity contribution in [1.82, 2.24) is 75.8 Å². The number of halogens is 7. The van der Waals surface area contributed by atoms with E-state index in [1.807, 2.05) is 18.5 Å². The minimum atomic E-state index is -0.572. The molecule has 29 heteroatoms. The number of benzene rings is 6. The van der Waals surface area contributed by atoms with Crippen LogP contribution < -0.4 is 26.6 Å². The van der Waals surface area contributed by atoms with E-state index in [1.165, 1.54) is 55.4 Å². The van der Waals surface area contributed by atoms with Gasteiger partial charge < -0.3 is 36.1 Å². The number of carbonyl (C=O) groups is 3. The molecule has 8 heterocycles. The van der Waals surface area contributed by atoms with Crippen molar-refractivity contribution in [3.05, 3.63) is 245 Å². The van der Waals surface area contributed by atoms with Crippen molar-refractivity contribution in [1.29, 1.82) is 0 Å². The first-order chi connectivity index (χ1) is 49.7. The Labute approximate surface area is 612 Å². The maximum absolute atomic E-state index is 13.6. The lowest BCUT2D eigenvalue weighted by atomic mass is 10.1. The summed E-state index contributed by atoms with van der Waals surface area (Å²) < 4.78 is 50.2. The highest BCUT2D eigenvalue weighted by Gasteiger charge is 2.22. The van der Waals surface area contributed by atoms with Crippen LogP contribution in [0.4, 0.5) is 19.0 Å². The third-order valence-corrected chi connectivity index (χ3v) is 16.3. The predicted molar refractivity (Wildman–Crippen MR) is 394 cm³/mol. The zero-order valence-electron chi connectivity index (χ0n) is 55.4. The van der Waals surface area contributed by atoms with E-state index in [0.717, 1.165) is 99.4 Å². The molecule has 2 aliphatic rings. The summed E-state index contributed by atoms with van der Waals surface area (Å²) in [4.78, 5) is 89.6. The van der Waals surface area contributed by atoms with Gasteiger partial charge in [-0.2, -0.15) is 0 Å². The summed E-state index contributed by atoms with van der Waals surface area (Å²) in [6.07, 6.45) is 20.4. The molecular formula is C74H70Cl4F3N17O5. The second kappa shape index (κ2) is 39.8. The predicted octanol–water partition coefficient (Wildman–Crippen LogP) is 12.5. The number of rotatable bonds is 18. The largest absolute Gasteiger partial charge is 0.379 e. The first kappa shape index (κ1) is 76.9. The first-order valence-corrected chi connectivity index (χ1v) is 33.7. The Morgan fingerprint density at radius 2 is 0.816 bits per heavy atom. The van der Waals surface area contributed by atoms with Crippen LogP contribution in [0, 0.1) is 17.5 Å². The minimum absolute atomic E-state index is 0. The number of hydrogen-bond acceptors (Lipinski definition) is 20. The van der Waals surface area contributed by atoms with Crippen LogP contribution in [0.1, 0.15) is 67.0 Å². The highest BCUT2D eigenvalue weighted by molar-refractivity contribution is 6.67. The molecule has 2 saturated heterocycles. The zero-order chi connectivity index (χ0) is 71.4. The summed E-state index contributed by atoms with van der Waals surface area (Å²) >= 11 is 17.8. The molecule has 14 rings (SSSR count). The van der Waals surface area contributed by atoms with Crippen molar-refractivity contribution in [2.75, 3.05) is 77.1 Å². The zero-order valence-corrected chi connectivity index (χ0v) is 58.5. The average Bonchev–Trinajstić information content (AvgIpc) is 0.764. The van der Waals surface area contributed by atoms with Gasteiger partial charge in [0, 0.05) is 110 Å². The Morgan fingerprint density at radius 1 is 0.456 bits per heavy atom. The van der Waals surface area contributed by atoms with Crippen LogP contribution in [0.25, 0.3) is 66.9 Å². The molecule has 5 N–H and O–H groups in total. The number of nitrogens with one attached hydrogen (secondary N) is 3. The van der Waals surface area contributed by atoms with E-state index in [-0.39, 0.29) is 52.0 Å². The average molecular weight is 1480 g/mol. The quantitative estimate of drug-likeness (QED) is 0.0458. The van der Waals surface area contributed by atoms with Crippen LogP contribution in [0.2, 0.25) is 10.3 Å². The fourth-order valence-corrected chi connectivity index (χ4v) is 10.9. The van der Waals surface area contributed by atoms with Crippen molar-refractivity contribution in [2.24, 2.45) is 5.73 Å². The van der Waals surface area contributed by atoms with Crippen molar-refractivity contribution in [3.8, 4) is 33.8 Å². The molecule has 0 unspecified atom stereocenters. The molecule has 103 heavy (non-hydrogen) atoms. The van der Waals surface area contributed by atoms with Gasteiger partial charge in [-0.15, -0.1) is 12.4 Å². The Hall–Kier alpha value is -10.2. The van der Waals surface area contributed by atoms with Crippen LogP contribution in [-0.4, -0.2) is 149 Å². The van der Waals surface area contributed by atoms with Gasteiger partial charge in [-0.1, -0.05) is 23.2 Å². The Balaban J connectivity index is 0.000000164. The number of nitrogens with two attached hydrogens (primary N) is 1. The number of ether oxygens (including phenoxy) is 2. The Bertz CT molecular complexity index is 4710. The standard InChI is InChI=1S/C26H25FN6O2.C22H17ClFN5O.C15H7Cl2FN2O.C7H11N3.C4H9NO.ClH/c27-21-6-3-19(4-7-21)24-25(33-10-12-35-13-11-33)32-22-8-5-20(14-23(22)31-24)26(34)30-9-1-2-18-15-28-17-29-16-18;23-21-20(15-3-6-17(24)7-4-15)28-19-10-16(5-8-18(19)29-21)22(30)27-9-1-2-14-11-25-13-26-12-14;16-14-13(8-1-4-10(18)5-2-8)19-12-7-9(15(17)21)3-6-11(12)20-14;8-3-1-2-7-4-9-6-10-5-7;1-3-6-4-2-5-1;/h3-8,14-17H,1-2,9-13H2,(H,30,34);3-8,10-13H,1-2,9H2,(H,27,30);1-7H;4-6H,1-3,8H2;5H,1-4H2;1H. The van der Waals surface area contributed by atoms with Crippen molar-refractivity contribution >= 4 is 103 Å². The fourth-order valence-electron chi connectivity index (χ4n) is 10.3. The number of amides is 2. The van der Waals surface area contributed by atoms with E-state index >= 15 is 0 Å². The second-order valence-electron chi connectivity index (χ2n) is 22.8. The molecule has 0 saturated carbocycles. The summed E-state index contributed by atoms with van der Waals surface area (Å²) in [6, 6.07) is 32.9. The molecule has 12 aromatic rings. The van der Waals surface area contributed by atoms with Gasteiger partial charge >= 0.3 is 0 Å². The van der Waals surface area contributed by atoms with Gasteiger partial charge in [0.2, 0.25) is 0 Å². The maximum Gasteiger partial charge on any atom is 0.252 e. The van der Waals surface area contributed by atoms with Gasteiger partial charge in [0.25, 0.3) is 17.1 Å². The molecule has 0 radical (unpaired) electrons. The highest BCUT2D eigenvalue weighted by Crippen LogP contribution is 2.33. The van der Waals surface area contributed by atoms with Crippen LogP contribution in [0.5, 0.6) is 0 Å². The summed E-state index contributed by atoms with van der Waals surface area (Å²) in [5, 5.41) is 8.87. The molecule has 2 amide bonds. The molecule has 530 valence electrons. The Kier molecular flexibility index (Phi) is 29.8. The molecule has 6 aromatic carbocycles. The lowest BCUT2D eigenvalue weighted by Gasteiger charge is -2.29. The highest BCUT2D eigenvalue weighted by atomic mass is 35.5. The summed E-state index contributed by atoms with van der Waals surface area (Å²) in [7, 11) is 0. The summed E-state index contributed by atoms with van der Waals surface area (Å²) in [6.45, 7) is 8.24. The van der Waals surface area contributed by atoms with Crippen LogP contribution >= 0.6 is 47.2 Å². The lowest BCUT2D eigenvalue weighted by molar-refractivity contribution is 0.0945. The SMILES string of the molecule is C1COCCN1.Cl.NCCCc1cncnc1.O=C(Cl)c1ccc2nc(Cl)c(-c3ccc(F)cc3)nc2c1.O=C(NCCCc1cncnc1)c1ccc2nc(Cl)c(-c3ccc(F)cc3)nc2c1.O=C(NCCCc1cncnc1)c1ccc2nc(N3CCOCC3)c(-c3ccc(F)cc3)nc2c1. The first-order valence-electron chi connectivity index (χ1n) is 32.6. The van der Waals surface area contributed by atoms with Gasteiger partial charge in [-0.25, -0.2) is 73.0 Å². The fraction of sp³-hybridized carbons (Fsp3) is 0.230. The summed E-state index contributed by atoms with van der Waals surface area (Å²) in [5.41, 5.74) is 16.9. The maximum atomic E-state index is 13.6. The van der Waals surface area contributed by atoms with Crippen LogP contribution in [-0.2, 0) is 28.7 Å². The minimum Gasteiger partial charge on any atom is -0.379 e. The number of morpholine rings is 2. The molecule has 2 aliphatic heterocycles. The van der Waals surface area contributed by atoms with E-state index in [9.17, 15) is 27.6 Å². The van der Waals surface area contributed by atoms with E-state index in [2.05, 4.69) is 70.7 Å². The Morgan fingerprint density at radius 3 is 1.19 bits per heavy atom. The number of fused-ring (bicyclic) bond motifs is 3. The second-order valence-corrected chi connectivity index (χ2v) is 23.9. The van der Waals surface area contributed by atoms with E-state index in [1.54, 1.807) is 110 Å². The van der Waals surface area contributed by atoms with Crippen molar-refractivity contribution in [2.45, 2.75) is 38.5 Å². The van der Waals surface area contributed by atoms with E-state index < -0.39 is 5.24 Å². The molecule has 6 aromatic heterocycles. The normalized spacial score (nSPS) is 12.4. The van der Waals surface area contributed by atoms with Gasteiger partial charge in [-0.05, 0) is 201 Å². The van der Waals surface area contributed by atoms with Gasteiger partial charge in [0.1, 0.15) is 53.5 Å². The molecule has 0 aliphatic carbocycles. The van der Waals surface area contributed by atoms with Gasteiger partial charge in [0.05, 0.1) is 59.5 Å². The molecule has 0 bridgehead atoms. The van der Waals surface area contributed by atoms with Crippen LogP contribution in [0.3, 0.4) is 0 Å². The number of hydrogen-bond donors (Lipinski definition) is 4. The number of anilines is 1. The van der Waals surface area contributed by atoms with Gasteiger partial charge in [0.15, 0.2) is 16.1 Å². The number of aryl methyl sites for hydroxylation is 3. The molecular weight excluding hydrogens is 1410 g/mol. The third kappa shape index (κ3) is 23.1. The number of carbonyl (C=O) groups excluding carboxylic acids is 3. The third-order valence-electron chi connectivity index (χ3n) is 15.5. The smallest absolute Gasteiger partial charge is 0.252 e. The van der Waals surface area contributed by atoms with Crippen LogP contribution in [0.15, 0.2) is 184 Å². The van der Waals surface area contributed by atoms with E-state index in [4.69, 9.17) is 60.0 Å². The van der Waals surface area contributed by atoms with Gasteiger partial charge in [-0.3, -0.25) is 14.4 Å². The van der Waals surface area contributed by atoms with E-state index in [0.29, 0.717) is 117 Å². The van der Waals surface area contributed by atoms with Crippen molar-refractivity contribution < 1.29 is 37.0 Å². The molecule has 2 fully saturated rings. The summed E-state index contributed by atoms with van der Waals surface area (Å²) in [5.74, 6) is -0.635. The number of nitrogens with zero attached hydrogens (tertiary/aromatic N) is 13. The monoisotopic (exact) mass is 1470 g/mol. The molecule has 22 nitrogen and oxygen atoms in total. The lowest BCUT2D eigenvalue weighted by Crippen LogP contribution is -2.37. The number of aromatic nitrogens is 12. The molecule has 0 atom stereocenters. The topological polar surface area (TPSA) is 290 Å².